The maximum Gasteiger partial charge on any atom is 0.0746 e. The van der Waals surface area contributed by atoms with Crippen molar-refractivity contribution < 1.29 is 5.11 Å². The summed E-state index contributed by atoms with van der Waals surface area (Å²) in [5, 5.41) is 9.89. The van der Waals surface area contributed by atoms with E-state index < -0.39 is 5.60 Å². The molecule has 0 aromatic heterocycles. The average Bonchev–Trinajstić information content (AvgIpc) is 2.11. The molecule has 14 heavy (non-hydrogen) atoms. The molecule has 1 atom stereocenters. The summed E-state index contributed by atoms with van der Waals surface area (Å²) in [5.41, 5.74) is -0.443. The summed E-state index contributed by atoms with van der Waals surface area (Å²) in [6.07, 6.45) is 5.83. The first-order valence-corrected chi connectivity index (χ1v) is 6.33. The van der Waals surface area contributed by atoms with Crippen LogP contribution in [0.1, 0.15) is 39.0 Å². The third-order valence-electron chi connectivity index (χ3n) is 2.89. The summed E-state index contributed by atoms with van der Waals surface area (Å²) in [7, 11) is 0. The van der Waals surface area contributed by atoms with Gasteiger partial charge in [-0.2, -0.15) is 12.6 Å². The van der Waals surface area contributed by atoms with Crippen molar-refractivity contribution in [1.82, 2.24) is 4.90 Å². The van der Waals surface area contributed by atoms with Gasteiger partial charge >= 0.3 is 0 Å². The number of likely N-dealkylation sites (tertiary alicyclic amines) is 1. The molecule has 0 bridgehead atoms. The van der Waals surface area contributed by atoms with Crippen LogP contribution < -0.4 is 0 Å². The fraction of sp³-hybridized carbons (Fsp3) is 1.00. The molecule has 0 radical (unpaired) electrons. The molecule has 1 heterocycles. The van der Waals surface area contributed by atoms with Crippen molar-refractivity contribution in [2.45, 2.75) is 44.6 Å². The molecule has 1 saturated heterocycles. The fourth-order valence-corrected chi connectivity index (χ4v) is 2.36. The van der Waals surface area contributed by atoms with E-state index in [1.807, 2.05) is 6.92 Å². The van der Waals surface area contributed by atoms with Gasteiger partial charge in [-0.25, -0.2) is 0 Å². The summed E-state index contributed by atoms with van der Waals surface area (Å²) in [4.78, 5) is 2.39. The number of hydrogen-bond donors (Lipinski definition) is 2. The zero-order chi connectivity index (χ0) is 10.4. The van der Waals surface area contributed by atoms with Gasteiger partial charge in [-0.05, 0) is 51.4 Å². The van der Waals surface area contributed by atoms with Crippen molar-refractivity contribution >= 4 is 12.6 Å². The van der Waals surface area contributed by atoms with Crippen LogP contribution in [0.25, 0.3) is 0 Å². The molecule has 2 nitrogen and oxygen atoms in total. The van der Waals surface area contributed by atoms with E-state index in [-0.39, 0.29) is 0 Å². The Kier molecular flexibility index (Phi) is 5.28. The van der Waals surface area contributed by atoms with Gasteiger partial charge in [0.15, 0.2) is 0 Å². The normalized spacial score (nSPS) is 29.4. The largest absolute Gasteiger partial charge is 0.389 e. The Hall–Kier alpha value is 0.270. The topological polar surface area (TPSA) is 23.5 Å². The monoisotopic (exact) mass is 217 g/mol. The van der Waals surface area contributed by atoms with Crippen LogP contribution in [-0.4, -0.2) is 41.0 Å². The van der Waals surface area contributed by atoms with Crippen molar-refractivity contribution in [3.05, 3.63) is 0 Å². The predicted octanol–water partition coefficient (Wildman–Crippen LogP) is 1.93. The SMILES string of the molecule is CC1(O)CCCN(CCCCCS)C1. The maximum atomic E-state index is 9.89. The molecule has 1 N–H and O–H groups in total. The second-order valence-electron chi connectivity index (χ2n) is 4.66. The van der Waals surface area contributed by atoms with E-state index >= 15 is 0 Å². The molecule has 0 aliphatic carbocycles. The molecule has 0 aromatic rings. The molecule has 0 saturated carbocycles. The molecule has 1 aliphatic heterocycles. The van der Waals surface area contributed by atoms with E-state index in [0.29, 0.717) is 0 Å². The lowest BCUT2D eigenvalue weighted by molar-refractivity contribution is -0.0157. The number of thiol groups is 1. The van der Waals surface area contributed by atoms with E-state index in [4.69, 9.17) is 0 Å². The van der Waals surface area contributed by atoms with E-state index in [1.165, 1.54) is 19.3 Å². The molecule has 1 aliphatic rings. The van der Waals surface area contributed by atoms with Crippen molar-refractivity contribution in [2.24, 2.45) is 0 Å². The van der Waals surface area contributed by atoms with E-state index in [1.54, 1.807) is 0 Å². The second kappa shape index (κ2) is 5.99. The molecular weight excluding hydrogens is 194 g/mol. The van der Waals surface area contributed by atoms with Crippen LogP contribution in [0, 0.1) is 0 Å². The quantitative estimate of drug-likeness (QED) is 0.543. The van der Waals surface area contributed by atoms with Crippen LogP contribution in [-0.2, 0) is 0 Å². The van der Waals surface area contributed by atoms with Gasteiger partial charge in [0.05, 0.1) is 5.60 Å². The highest BCUT2D eigenvalue weighted by Gasteiger charge is 2.27. The third-order valence-corrected chi connectivity index (χ3v) is 3.20. The Bertz CT molecular complexity index is 161. The highest BCUT2D eigenvalue weighted by atomic mass is 32.1. The number of aliphatic hydroxyl groups is 1. The predicted molar refractivity (Wildman–Crippen MR) is 64.0 cm³/mol. The van der Waals surface area contributed by atoms with Gasteiger partial charge in [-0.1, -0.05) is 6.42 Å². The Labute approximate surface area is 93.1 Å². The standard InChI is InChI=1S/C11H23NOS/c1-11(13)6-5-8-12(10-11)7-3-2-4-9-14/h13-14H,2-10H2,1H3. The van der Waals surface area contributed by atoms with Crippen LogP contribution in [0.3, 0.4) is 0 Å². The zero-order valence-corrected chi connectivity index (χ0v) is 10.1. The Morgan fingerprint density at radius 3 is 2.79 bits per heavy atom. The smallest absolute Gasteiger partial charge is 0.0746 e. The summed E-state index contributed by atoms with van der Waals surface area (Å²) >= 11 is 4.19. The molecule has 3 heteroatoms. The summed E-state index contributed by atoms with van der Waals surface area (Å²) in [6, 6.07) is 0. The van der Waals surface area contributed by atoms with Crippen molar-refractivity contribution in [3.63, 3.8) is 0 Å². The van der Waals surface area contributed by atoms with Gasteiger partial charge in [-0.15, -0.1) is 0 Å². The minimum atomic E-state index is -0.443. The van der Waals surface area contributed by atoms with Crippen LogP contribution >= 0.6 is 12.6 Å². The fourth-order valence-electron chi connectivity index (χ4n) is 2.14. The van der Waals surface area contributed by atoms with Crippen LogP contribution in [0.15, 0.2) is 0 Å². The first-order valence-electron chi connectivity index (χ1n) is 5.70. The van der Waals surface area contributed by atoms with E-state index in [2.05, 4.69) is 17.5 Å². The number of piperidine rings is 1. The first-order chi connectivity index (χ1) is 6.64. The zero-order valence-electron chi connectivity index (χ0n) is 9.21. The van der Waals surface area contributed by atoms with Gasteiger partial charge < -0.3 is 10.0 Å². The van der Waals surface area contributed by atoms with Crippen molar-refractivity contribution in [3.8, 4) is 0 Å². The molecular formula is C11H23NOS. The molecule has 1 fully saturated rings. The Balaban J connectivity index is 2.12. The Morgan fingerprint density at radius 1 is 1.36 bits per heavy atom. The first kappa shape index (κ1) is 12.3. The third kappa shape index (κ3) is 4.67. The molecule has 0 aromatic carbocycles. The van der Waals surface area contributed by atoms with Crippen molar-refractivity contribution in [2.75, 3.05) is 25.4 Å². The highest BCUT2D eigenvalue weighted by molar-refractivity contribution is 7.80. The molecule has 1 rings (SSSR count). The van der Waals surface area contributed by atoms with Crippen LogP contribution in [0.2, 0.25) is 0 Å². The van der Waals surface area contributed by atoms with Gasteiger partial charge in [-0.3, -0.25) is 0 Å². The average molecular weight is 217 g/mol. The van der Waals surface area contributed by atoms with Gasteiger partial charge in [0.1, 0.15) is 0 Å². The van der Waals surface area contributed by atoms with Gasteiger partial charge in [0.2, 0.25) is 0 Å². The number of unbranched alkanes of at least 4 members (excludes halogenated alkanes) is 2. The highest BCUT2D eigenvalue weighted by Crippen LogP contribution is 2.20. The molecule has 84 valence electrons. The van der Waals surface area contributed by atoms with Gasteiger partial charge in [0, 0.05) is 6.54 Å². The van der Waals surface area contributed by atoms with Crippen LogP contribution in [0.4, 0.5) is 0 Å². The Morgan fingerprint density at radius 2 is 2.14 bits per heavy atom. The van der Waals surface area contributed by atoms with E-state index in [0.717, 1.165) is 38.2 Å². The number of nitrogens with zero attached hydrogens (tertiary/aromatic N) is 1. The van der Waals surface area contributed by atoms with Crippen molar-refractivity contribution in [1.29, 1.82) is 0 Å². The summed E-state index contributed by atoms with van der Waals surface area (Å²) in [6.45, 7) is 5.11. The molecule has 0 spiro atoms. The second-order valence-corrected chi connectivity index (χ2v) is 5.11. The lowest BCUT2D eigenvalue weighted by atomic mass is 9.95. The van der Waals surface area contributed by atoms with Gasteiger partial charge in [0.25, 0.3) is 0 Å². The summed E-state index contributed by atoms with van der Waals surface area (Å²) in [5.74, 6) is 0.998. The number of rotatable bonds is 5. The molecule has 0 amide bonds. The lowest BCUT2D eigenvalue weighted by Gasteiger charge is -2.36. The van der Waals surface area contributed by atoms with Crippen LogP contribution in [0.5, 0.6) is 0 Å². The minimum absolute atomic E-state index is 0.443. The minimum Gasteiger partial charge on any atom is -0.389 e. The number of β-amino-alcohol motifs (C(OH)–C–C–N with tert-alkyl or cyclic N) is 1. The maximum absolute atomic E-state index is 9.89. The number of hydrogen-bond acceptors (Lipinski definition) is 3. The summed E-state index contributed by atoms with van der Waals surface area (Å²) < 4.78 is 0. The lowest BCUT2D eigenvalue weighted by Crippen LogP contribution is -2.46. The molecule has 1 unspecified atom stereocenters. The van der Waals surface area contributed by atoms with E-state index in [9.17, 15) is 5.11 Å².